The molecule has 1 aromatic carbocycles. The molecule has 0 spiro atoms. The number of hydrogen-bond acceptors (Lipinski definition) is 3. The van der Waals surface area contributed by atoms with Gasteiger partial charge < -0.3 is 10.4 Å². The van der Waals surface area contributed by atoms with Gasteiger partial charge >= 0.3 is 5.97 Å². The van der Waals surface area contributed by atoms with E-state index >= 15 is 0 Å². The van der Waals surface area contributed by atoms with E-state index in [2.05, 4.69) is 5.32 Å². The van der Waals surface area contributed by atoms with E-state index < -0.39 is 5.97 Å². The fraction of sp³-hybridized carbons (Fsp3) is 0.200. The van der Waals surface area contributed by atoms with Crippen LogP contribution in [0.1, 0.15) is 10.4 Å². The van der Waals surface area contributed by atoms with Crippen molar-refractivity contribution in [1.82, 2.24) is 0 Å². The molecule has 0 saturated carbocycles. The van der Waals surface area contributed by atoms with Gasteiger partial charge in [0.25, 0.3) is 0 Å². The molecule has 17 heavy (non-hydrogen) atoms. The molecule has 7 heteroatoms. The molecule has 4 nitrogen and oxygen atoms in total. The summed E-state index contributed by atoms with van der Waals surface area (Å²) >= 11 is 12.9. The minimum Gasteiger partial charge on any atom is -0.478 e. The van der Waals surface area contributed by atoms with Gasteiger partial charge in [0.1, 0.15) is 5.56 Å². The fourth-order valence-electron chi connectivity index (χ4n) is 1.19. The quantitative estimate of drug-likeness (QED) is 0.896. The van der Waals surface area contributed by atoms with Gasteiger partial charge in [-0.1, -0.05) is 23.2 Å². The van der Waals surface area contributed by atoms with Gasteiger partial charge in [-0.25, -0.2) is 4.79 Å². The van der Waals surface area contributed by atoms with Gasteiger partial charge in [0.15, 0.2) is 0 Å². The smallest absolute Gasteiger partial charge is 0.339 e. The van der Waals surface area contributed by atoms with E-state index in [0.717, 1.165) is 0 Å². The van der Waals surface area contributed by atoms with Gasteiger partial charge in [0.05, 0.1) is 21.5 Å². The third-order valence-corrected chi connectivity index (χ3v) is 3.04. The number of anilines is 1. The maximum atomic E-state index is 11.4. The Balaban J connectivity index is 3.16. The highest BCUT2D eigenvalue weighted by molar-refractivity contribution is 7.99. The lowest BCUT2D eigenvalue weighted by Crippen LogP contribution is -2.17. The molecule has 0 aliphatic carbocycles. The zero-order valence-corrected chi connectivity index (χ0v) is 11.1. The molecule has 1 aromatic rings. The Kier molecular flexibility index (Phi) is 5.11. The van der Waals surface area contributed by atoms with Gasteiger partial charge in [0, 0.05) is 0 Å². The zero-order valence-electron chi connectivity index (χ0n) is 8.79. The lowest BCUT2D eigenvalue weighted by molar-refractivity contribution is -0.113. The van der Waals surface area contributed by atoms with E-state index in [0.29, 0.717) is 0 Å². The third kappa shape index (κ3) is 3.52. The Hall–Kier alpha value is -0.910. The molecular formula is C10H9Cl2NO3S. The van der Waals surface area contributed by atoms with Crippen LogP contribution in [0.2, 0.25) is 10.0 Å². The standard InChI is InChI=1S/C10H9Cl2NO3S/c1-17-4-7(14)13-9-6(12)3-2-5(11)8(9)10(15)16/h2-3H,4H2,1H3,(H,13,14)(H,15,16). The van der Waals surface area contributed by atoms with Crippen LogP contribution in [0.5, 0.6) is 0 Å². The Bertz CT molecular complexity index is 465. The number of aromatic carboxylic acids is 1. The molecule has 0 fully saturated rings. The number of carbonyl (C=O) groups excluding carboxylic acids is 1. The van der Waals surface area contributed by atoms with Crippen molar-refractivity contribution < 1.29 is 14.7 Å². The van der Waals surface area contributed by atoms with Crippen LogP contribution in [0, 0.1) is 0 Å². The minimum atomic E-state index is -1.24. The predicted octanol–water partition coefficient (Wildman–Crippen LogP) is 2.99. The van der Waals surface area contributed by atoms with E-state index in [1.165, 1.54) is 23.9 Å². The summed E-state index contributed by atoms with van der Waals surface area (Å²) in [6.07, 6.45) is 1.76. The molecule has 0 heterocycles. The van der Waals surface area contributed by atoms with Crippen molar-refractivity contribution >= 4 is 52.5 Å². The summed E-state index contributed by atoms with van der Waals surface area (Å²) in [5, 5.41) is 11.6. The number of rotatable bonds is 4. The number of halogens is 2. The number of carboxylic acid groups (broad SMARTS) is 1. The van der Waals surface area contributed by atoms with Gasteiger partial charge in [-0.15, -0.1) is 0 Å². The van der Waals surface area contributed by atoms with Crippen LogP contribution >= 0.6 is 35.0 Å². The minimum absolute atomic E-state index is 0.0290. The maximum absolute atomic E-state index is 11.4. The molecule has 0 atom stereocenters. The van der Waals surface area contributed by atoms with Crippen molar-refractivity contribution in [3.8, 4) is 0 Å². The summed E-state index contributed by atoms with van der Waals surface area (Å²) in [5.74, 6) is -1.36. The highest BCUT2D eigenvalue weighted by Gasteiger charge is 2.19. The van der Waals surface area contributed by atoms with Crippen LogP contribution < -0.4 is 5.32 Å². The molecule has 0 radical (unpaired) electrons. The Labute approximate surface area is 112 Å². The van der Waals surface area contributed by atoms with Gasteiger partial charge in [0.2, 0.25) is 5.91 Å². The first-order valence-electron chi connectivity index (χ1n) is 4.47. The molecule has 0 bridgehead atoms. The number of carboxylic acids is 1. The van der Waals surface area contributed by atoms with Gasteiger partial charge in [-0.05, 0) is 18.4 Å². The van der Waals surface area contributed by atoms with E-state index in [9.17, 15) is 9.59 Å². The number of carbonyl (C=O) groups is 2. The van der Waals surface area contributed by atoms with E-state index in [-0.39, 0.29) is 33.0 Å². The first-order valence-corrected chi connectivity index (χ1v) is 6.62. The van der Waals surface area contributed by atoms with Crippen LogP contribution in [0.3, 0.4) is 0 Å². The maximum Gasteiger partial charge on any atom is 0.339 e. The van der Waals surface area contributed by atoms with Crippen molar-refractivity contribution in [3.63, 3.8) is 0 Å². The number of amides is 1. The molecule has 1 amide bonds. The highest BCUT2D eigenvalue weighted by Crippen LogP contribution is 2.31. The molecule has 0 saturated heterocycles. The molecule has 0 aromatic heterocycles. The van der Waals surface area contributed by atoms with Crippen LogP contribution in [-0.2, 0) is 4.79 Å². The SMILES string of the molecule is CSCC(=O)Nc1c(Cl)ccc(Cl)c1C(=O)O. The van der Waals surface area contributed by atoms with Crippen molar-refractivity contribution in [2.45, 2.75) is 0 Å². The number of nitrogens with one attached hydrogen (secondary N) is 1. The summed E-state index contributed by atoms with van der Waals surface area (Å²) in [6, 6.07) is 2.81. The summed E-state index contributed by atoms with van der Waals surface area (Å²) < 4.78 is 0. The number of hydrogen-bond donors (Lipinski definition) is 2. The van der Waals surface area contributed by atoms with Crippen molar-refractivity contribution in [1.29, 1.82) is 0 Å². The highest BCUT2D eigenvalue weighted by atomic mass is 35.5. The third-order valence-electron chi connectivity index (χ3n) is 1.86. The topological polar surface area (TPSA) is 66.4 Å². The Morgan fingerprint density at radius 2 is 1.94 bits per heavy atom. The van der Waals surface area contributed by atoms with Crippen LogP contribution in [0.25, 0.3) is 0 Å². The summed E-state index contributed by atoms with van der Waals surface area (Å²) in [5.41, 5.74) is -0.167. The largest absolute Gasteiger partial charge is 0.478 e. The molecule has 0 aliphatic heterocycles. The molecule has 92 valence electrons. The monoisotopic (exact) mass is 293 g/mol. The summed E-state index contributed by atoms with van der Waals surface area (Å²) in [6.45, 7) is 0. The Morgan fingerprint density at radius 3 is 2.47 bits per heavy atom. The second kappa shape index (κ2) is 6.14. The average molecular weight is 294 g/mol. The van der Waals surface area contributed by atoms with Gasteiger partial charge in [-0.2, -0.15) is 11.8 Å². The van der Waals surface area contributed by atoms with Crippen molar-refractivity contribution in [2.75, 3.05) is 17.3 Å². The van der Waals surface area contributed by atoms with Crippen LogP contribution in [0.4, 0.5) is 5.69 Å². The molecule has 0 unspecified atom stereocenters. The fourth-order valence-corrected chi connectivity index (χ4v) is 1.97. The zero-order chi connectivity index (χ0) is 13.0. The molecular weight excluding hydrogens is 285 g/mol. The molecule has 2 N–H and O–H groups in total. The van der Waals surface area contributed by atoms with Gasteiger partial charge in [-0.3, -0.25) is 4.79 Å². The summed E-state index contributed by atoms with van der Waals surface area (Å²) in [7, 11) is 0. The molecule has 0 aliphatic rings. The second-order valence-corrected chi connectivity index (χ2v) is 4.75. The second-order valence-electron chi connectivity index (χ2n) is 3.07. The van der Waals surface area contributed by atoms with Crippen LogP contribution in [0.15, 0.2) is 12.1 Å². The first kappa shape index (κ1) is 14.2. The van der Waals surface area contributed by atoms with Crippen molar-refractivity contribution in [3.05, 3.63) is 27.7 Å². The first-order chi connectivity index (χ1) is 7.97. The van der Waals surface area contributed by atoms with E-state index in [4.69, 9.17) is 28.3 Å². The molecule has 1 rings (SSSR count). The normalized spacial score (nSPS) is 10.1. The lowest BCUT2D eigenvalue weighted by Gasteiger charge is -2.11. The van der Waals surface area contributed by atoms with Crippen LogP contribution in [-0.4, -0.2) is 29.0 Å². The van der Waals surface area contributed by atoms with Crippen molar-refractivity contribution in [2.24, 2.45) is 0 Å². The average Bonchev–Trinajstić information content (AvgIpc) is 2.23. The predicted molar refractivity (Wildman–Crippen MR) is 70.4 cm³/mol. The van der Waals surface area contributed by atoms with E-state index in [1.54, 1.807) is 6.26 Å². The number of thioether (sulfide) groups is 1. The van der Waals surface area contributed by atoms with E-state index in [1.807, 2.05) is 0 Å². The lowest BCUT2D eigenvalue weighted by atomic mass is 10.1. The summed E-state index contributed by atoms with van der Waals surface area (Å²) in [4.78, 5) is 22.5. The Morgan fingerprint density at radius 1 is 1.35 bits per heavy atom. The number of benzene rings is 1.